The van der Waals surface area contributed by atoms with E-state index < -0.39 is 0 Å². The predicted octanol–water partition coefficient (Wildman–Crippen LogP) is -1.31. The van der Waals surface area contributed by atoms with Gasteiger partial charge in [0.1, 0.15) is 0 Å². The van der Waals surface area contributed by atoms with Gasteiger partial charge in [0, 0.05) is 20.5 Å². The second kappa shape index (κ2) is 10.4. The van der Waals surface area contributed by atoms with Gasteiger partial charge in [0.05, 0.1) is 6.61 Å². The van der Waals surface area contributed by atoms with Crippen molar-refractivity contribution in [3.8, 4) is 0 Å². The number of carbonyl (C=O) groups is 1. The van der Waals surface area contributed by atoms with Gasteiger partial charge in [-0.15, -0.1) is 0 Å². The number of carbonyl (C=O) groups excluding carboxylic acids is 1. The number of nitrogens with two attached hydrogens (primary N) is 1. The monoisotopic (exact) mass is 134 g/mol. The van der Waals surface area contributed by atoms with Gasteiger partial charge in [-0.25, -0.2) is 0 Å². The van der Waals surface area contributed by atoms with E-state index >= 15 is 0 Å². The molecule has 9 heavy (non-hydrogen) atoms. The first-order chi connectivity index (χ1) is 4.18. The van der Waals surface area contributed by atoms with Gasteiger partial charge < -0.3 is 16.2 Å². The van der Waals surface area contributed by atoms with Gasteiger partial charge in [0.25, 0.3) is 0 Å². The van der Waals surface area contributed by atoms with Crippen molar-refractivity contribution in [1.29, 1.82) is 0 Å². The van der Waals surface area contributed by atoms with Gasteiger partial charge >= 0.3 is 0 Å². The summed E-state index contributed by atoms with van der Waals surface area (Å²) >= 11 is 0. The number of aliphatic hydroxyl groups excluding tert-OH is 1. The van der Waals surface area contributed by atoms with Crippen LogP contribution in [0.4, 0.5) is 0 Å². The number of hydrogen-bond donors (Lipinski definition) is 3. The van der Waals surface area contributed by atoms with Crippen LogP contribution < -0.4 is 11.1 Å². The first-order valence-corrected chi connectivity index (χ1v) is 2.68. The molecule has 0 aromatic heterocycles. The fraction of sp³-hybridized carbons (Fsp3) is 0.800. The molecule has 0 rings (SSSR count). The Morgan fingerprint density at radius 2 is 2.00 bits per heavy atom. The largest absolute Gasteiger partial charge is 0.395 e. The summed E-state index contributed by atoms with van der Waals surface area (Å²) in [6, 6.07) is 0. The molecule has 0 saturated carbocycles. The van der Waals surface area contributed by atoms with E-state index in [9.17, 15) is 4.79 Å². The molecule has 4 nitrogen and oxygen atoms in total. The SMILES string of the molecule is CNC(C)=O.NCCO. The van der Waals surface area contributed by atoms with Crippen LogP contribution in [0.5, 0.6) is 0 Å². The van der Waals surface area contributed by atoms with E-state index in [0.29, 0.717) is 6.54 Å². The Kier molecular flexibility index (Phi) is 13.0. The normalized spacial score (nSPS) is 7.11. The zero-order valence-corrected chi connectivity index (χ0v) is 5.85. The molecular formula is C5H14N2O2. The molecule has 0 bridgehead atoms. The maximum atomic E-state index is 9.70. The third-order valence-electron chi connectivity index (χ3n) is 0.481. The molecule has 0 aromatic rings. The minimum Gasteiger partial charge on any atom is -0.395 e. The molecule has 0 aromatic carbocycles. The highest BCUT2D eigenvalue weighted by Crippen LogP contribution is 1.45. The molecule has 0 aliphatic rings. The van der Waals surface area contributed by atoms with Crippen LogP contribution in [0.15, 0.2) is 0 Å². The molecule has 4 N–H and O–H groups in total. The highest BCUT2D eigenvalue weighted by atomic mass is 16.3. The lowest BCUT2D eigenvalue weighted by Gasteiger charge is -1.80. The molecule has 0 atom stereocenters. The second-order valence-corrected chi connectivity index (χ2v) is 1.32. The molecule has 56 valence electrons. The van der Waals surface area contributed by atoms with Crippen molar-refractivity contribution in [1.82, 2.24) is 5.32 Å². The zero-order chi connectivity index (χ0) is 7.70. The highest BCUT2D eigenvalue weighted by Gasteiger charge is 1.72. The quantitative estimate of drug-likeness (QED) is 0.417. The van der Waals surface area contributed by atoms with Crippen LogP contribution in [0.1, 0.15) is 6.92 Å². The van der Waals surface area contributed by atoms with Gasteiger partial charge in [-0.05, 0) is 0 Å². The van der Waals surface area contributed by atoms with E-state index in [1.807, 2.05) is 0 Å². The lowest BCUT2D eigenvalue weighted by atomic mass is 10.7. The van der Waals surface area contributed by atoms with Crippen molar-refractivity contribution < 1.29 is 9.90 Å². The van der Waals surface area contributed by atoms with Gasteiger partial charge in [-0.2, -0.15) is 0 Å². The lowest BCUT2D eigenvalue weighted by molar-refractivity contribution is -0.118. The van der Waals surface area contributed by atoms with Crippen LogP contribution in [0.3, 0.4) is 0 Å². The Morgan fingerprint density at radius 3 is 2.00 bits per heavy atom. The summed E-state index contributed by atoms with van der Waals surface area (Å²) in [5, 5.41) is 10.1. The first kappa shape index (κ1) is 11.2. The fourth-order valence-electron chi connectivity index (χ4n) is 0. The molecule has 0 fully saturated rings. The summed E-state index contributed by atoms with van der Waals surface area (Å²) in [5.74, 6) is 0.00463. The smallest absolute Gasteiger partial charge is 0.216 e. The molecule has 0 heterocycles. The predicted molar refractivity (Wildman–Crippen MR) is 35.9 cm³/mol. The van der Waals surface area contributed by atoms with Gasteiger partial charge in [0.2, 0.25) is 5.91 Å². The Hall–Kier alpha value is -0.610. The summed E-state index contributed by atoms with van der Waals surface area (Å²) in [4.78, 5) is 9.70. The molecule has 4 heteroatoms. The fourth-order valence-corrected chi connectivity index (χ4v) is 0. The number of aliphatic hydroxyl groups is 1. The topological polar surface area (TPSA) is 75.4 Å². The van der Waals surface area contributed by atoms with Crippen molar-refractivity contribution in [2.45, 2.75) is 6.92 Å². The maximum absolute atomic E-state index is 9.70. The van der Waals surface area contributed by atoms with E-state index in [-0.39, 0.29) is 12.5 Å². The Morgan fingerprint density at radius 1 is 1.78 bits per heavy atom. The molecule has 0 aliphatic carbocycles. The van der Waals surface area contributed by atoms with Crippen LogP contribution in [0.25, 0.3) is 0 Å². The third kappa shape index (κ3) is 37.6. The van der Waals surface area contributed by atoms with Crippen molar-refractivity contribution in [2.75, 3.05) is 20.2 Å². The Balaban J connectivity index is 0. The molecule has 0 radical (unpaired) electrons. The van der Waals surface area contributed by atoms with E-state index in [4.69, 9.17) is 10.8 Å². The van der Waals surface area contributed by atoms with Crippen molar-refractivity contribution in [3.63, 3.8) is 0 Å². The summed E-state index contributed by atoms with van der Waals surface area (Å²) in [6.45, 7) is 1.94. The number of rotatable bonds is 1. The maximum Gasteiger partial charge on any atom is 0.216 e. The summed E-state index contributed by atoms with van der Waals surface area (Å²) in [5.41, 5.74) is 4.78. The van der Waals surface area contributed by atoms with Crippen molar-refractivity contribution in [3.05, 3.63) is 0 Å². The van der Waals surface area contributed by atoms with Gasteiger partial charge in [-0.1, -0.05) is 0 Å². The summed E-state index contributed by atoms with van der Waals surface area (Å²) in [6.07, 6.45) is 0. The minimum atomic E-state index is 0.00463. The average Bonchev–Trinajstić information content (AvgIpc) is 1.89. The second-order valence-electron chi connectivity index (χ2n) is 1.32. The van der Waals surface area contributed by atoms with Crippen LogP contribution >= 0.6 is 0 Å². The van der Waals surface area contributed by atoms with Gasteiger partial charge in [0.15, 0.2) is 0 Å². The summed E-state index contributed by atoms with van der Waals surface area (Å²) < 4.78 is 0. The first-order valence-electron chi connectivity index (χ1n) is 2.68. The Bertz CT molecular complexity index is 64.0. The average molecular weight is 134 g/mol. The van der Waals surface area contributed by atoms with E-state index in [2.05, 4.69) is 5.32 Å². The highest BCUT2D eigenvalue weighted by molar-refractivity contribution is 5.72. The van der Waals surface area contributed by atoms with Crippen LogP contribution in [-0.4, -0.2) is 31.2 Å². The molecular weight excluding hydrogens is 120 g/mol. The molecule has 1 amide bonds. The Labute approximate surface area is 55.1 Å². The van der Waals surface area contributed by atoms with Crippen LogP contribution in [0.2, 0.25) is 0 Å². The standard InChI is InChI=1S/C3H7NO.C2H7NO/c1-3(5)4-2;3-1-2-4/h1-2H3,(H,4,5);4H,1-3H2. The van der Waals surface area contributed by atoms with Crippen molar-refractivity contribution >= 4 is 5.91 Å². The minimum absolute atomic E-state index is 0.00463. The molecule has 0 unspecified atom stereocenters. The number of nitrogens with one attached hydrogen (secondary N) is 1. The third-order valence-corrected chi connectivity index (χ3v) is 0.481. The van der Waals surface area contributed by atoms with Crippen molar-refractivity contribution in [2.24, 2.45) is 5.73 Å². The van der Waals surface area contributed by atoms with E-state index in [0.717, 1.165) is 0 Å². The van der Waals surface area contributed by atoms with E-state index in [1.165, 1.54) is 6.92 Å². The number of amides is 1. The van der Waals surface area contributed by atoms with Crippen LogP contribution in [0, 0.1) is 0 Å². The number of hydrogen-bond acceptors (Lipinski definition) is 3. The lowest BCUT2D eigenvalue weighted by Crippen LogP contribution is -2.11. The molecule has 0 aliphatic heterocycles. The van der Waals surface area contributed by atoms with E-state index in [1.54, 1.807) is 7.05 Å². The molecule has 0 spiro atoms. The van der Waals surface area contributed by atoms with Gasteiger partial charge in [-0.3, -0.25) is 4.79 Å². The molecule has 0 saturated heterocycles. The van der Waals surface area contributed by atoms with Crippen LogP contribution in [-0.2, 0) is 4.79 Å². The zero-order valence-electron chi connectivity index (χ0n) is 5.85. The summed E-state index contributed by atoms with van der Waals surface area (Å²) in [7, 11) is 1.60.